The fourth-order valence-electron chi connectivity index (χ4n) is 3.61. The van der Waals surface area contributed by atoms with Crippen LogP contribution in [-0.2, 0) is 11.8 Å². The summed E-state index contributed by atoms with van der Waals surface area (Å²) in [6.45, 7) is 3.54. The van der Waals surface area contributed by atoms with Crippen LogP contribution in [0.2, 0.25) is 0 Å². The molecule has 3 aromatic rings. The van der Waals surface area contributed by atoms with E-state index in [4.69, 9.17) is 4.98 Å². The highest BCUT2D eigenvalue weighted by Gasteiger charge is 2.53. The van der Waals surface area contributed by atoms with Gasteiger partial charge in [-0.05, 0) is 31.5 Å². The topological polar surface area (TPSA) is 58.4 Å². The second-order valence-electron chi connectivity index (χ2n) is 7.41. The zero-order chi connectivity index (χ0) is 19.3. The number of amides is 3. The molecule has 0 radical (unpaired) electrons. The number of carbonyl (C=O) groups is 2. The number of hydrogen-bond donors (Lipinski definition) is 0. The first-order valence-electron chi connectivity index (χ1n) is 8.92. The van der Waals surface area contributed by atoms with Gasteiger partial charge >= 0.3 is 6.03 Å². The molecule has 0 saturated carbocycles. The van der Waals surface area contributed by atoms with E-state index in [-0.39, 0.29) is 11.9 Å². The van der Waals surface area contributed by atoms with Crippen LogP contribution < -0.4 is 0 Å². The molecule has 1 saturated heterocycles. The van der Waals surface area contributed by atoms with Crippen LogP contribution in [0, 0.1) is 0 Å². The van der Waals surface area contributed by atoms with Gasteiger partial charge in [0.25, 0.3) is 5.91 Å². The molecule has 0 spiro atoms. The maximum Gasteiger partial charge on any atom is 0.328 e. The number of fused-ring (bicyclic) bond motifs is 1. The fourth-order valence-corrected chi connectivity index (χ4v) is 3.61. The number of imide groups is 1. The van der Waals surface area contributed by atoms with E-state index >= 15 is 0 Å². The molecule has 138 valence electrons. The quantitative estimate of drug-likeness (QED) is 0.672. The summed E-state index contributed by atoms with van der Waals surface area (Å²) in [5.74, 6) is 0.436. The van der Waals surface area contributed by atoms with Gasteiger partial charge in [0.1, 0.15) is 17.4 Å². The van der Waals surface area contributed by atoms with Crippen molar-refractivity contribution in [3.8, 4) is 0 Å². The van der Waals surface area contributed by atoms with E-state index in [0.29, 0.717) is 5.82 Å². The van der Waals surface area contributed by atoms with Crippen LogP contribution in [0.4, 0.5) is 4.79 Å². The van der Waals surface area contributed by atoms with Crippen molar-refractivity contribution in [2.45, 2.75) is 25.4 Å². The summed E-state index contributed by atoms with van der Waals surface area (Å²) in [5.41, 5.74) is 1.75. The number of hydrogen-bond acceptors (Lipinski definition) is 3. The lowest BCUT2D eigenvalue weighted by Crippen LogP contribution is -2.42. The summed E-state index contributed by atoms with van der Waals surface area (Å²) in [6, 6.07) is 16.5. The number of rotatable bonds is 3. The van der Waals surface area contributed by atoms with Crippen molar-refractivity contribution in [1.29, 1.82) is 0 Å². The second-order valence-corrected chi connectivity index (χ2v) is 7.41. The first kappa shape index (κ1) is 17.3. The summed E-state index contributed by atoms with van der Waals surface area (Å²) in [5, 5.41) is 0. The number of benzene rings is 2. The molecular weight excluding hydrogens is 340 g/mol. The van der Waals surface area contributed by atoms with Gasteiger partial charge in [0.15, 0.2) is 0 Å². The lowest BCUT2D eigenvalue weighted by Gasteiger charge is -2.26. The van der Waals surface area contributed by atoms with Crippen LogP contribution in [0.25, 0.3) is 11.0 Å². The Labute approximate surface area is 158 Å². The smallest absolute Gasteiger partial charge is 0.328 e. The Morgan fingerprint density at radius 2 is 1.56 bits per heavy atom. The van der Waals surface area contributed by atoms with E-state index in [9.17, 15) is 9.59 Å². The van der Waals surface area contributed by atoms with E-state index < -0.39 is 11.6 Å². The van der Waals surface area contributed by atoms with Crippen molar-refractivity contribution < 1.29 is 9.59 Å². The van der Waals surface area contributed by atoms with Crippen LogP contribution in [0.1, 0.15) is 31.3 Å². The van der Waals surface area contributed by atoms with E-state index in [2.05, 4.69) is 0 Å². The number of carbonyl (C=O) groups excluding carboxylic acids is 2. The van der Waals surface area contributed by atoms with E-state index in [1.165, 1.54) is 9.80 Å². The van der Waals surface area contributed by atoms with Gasteiger partial charge in [-0.2, -0.15) is 0 Å². The van der Waals surface area contributed by atoms with Crippen LogP contribution >= 0.6 is 0 Å². The number of urea groups is 1. The lowest BCUT2D eigenvalue weighted by atomic mass is 10.0. The maximum atomic E-state index is 13.2. The Hall–Kier alpha value is -3.15. The Bertz CT molecular complexity index is 1040. The molecular formula is C21H22N4O2. The summed E-state index contributed by atoms with van der Waals surface area (Å²) in [4.78, 5) is 33.8. The van der Waals surface area contributed by atoms with Gasteiger partial charge in [-0.3, -0.25) is 4.79 Å². The molecule has 0 bridgehead atoms. The zero-order valence-corrected chi connectivity index (χ0v) is 15.9. The van der Waals surface area contributed by atoms with Crippen LogP contribution in [0.5, 0.6) is 0 Å². The second kappa shape index (κ2) is 5.94. The minimum Gasteiger partial charge on any atom is -0.329 e. The molecule has 6 heteroatoms. The van der Waals surface area contributed by atoms with Gasteiger partial charge in [-0.1, -0.05) is 42.5 Å². The van der Waals surface area contributed by atoms with Gasteiger partial charge in [0.05, 0.1) is 11.0 Å². The molecule has 0 N–H and O–H groups in total. The number of para-hydroxylation sites is 2. The molecule has 1 unspecified atom stereocenters. The largest absolute Gasteiger partial charge is 0.329 e. The SMILES string of the molecule is CN1C(=O)N(C(c2ccccc2)c2nc3ccccc3n2C)C(=O)C1(C)C. The standard InChI is InChI=1S/C21H22N4O2/c1-21(2)19(26)25(20(27)24(21)4)17(14-10-6-5-7-11-14)18-22-15-12-8-9-13-16(15)23(18)3/h5-13,17H,1-4H3. The first-order valence-corrected chi connectivity index (χ1v) is 8.92. The molecule has 2 heterocycles. The molecule has 1 aliphatic heterocycles. The molecule has 1 atom stereocenters. The molecule has 27 heavy (non-hydrogen) atoms. The monoisotopic (exact) mass is 362 g/mol. The highest BCUT2D eigenvalue weighted by atomic mass is 16.2. The molecule has 1 fully saturated rings. The summed E-state index contributed by atoms with van der Waals surface area (Å²) >= 11 is 0. The molecule has 1 aliphatic rings. The lowest BCUT2D eigenvalue weighted by molar-refractivity contribution is -0.132. The third kappa shape index (κ3) is 2.44. The van der Waals surface area contributed by atoms with Crippen molar-refractivity contribution in [2.75, 3.05) is 7.05 Å². The van der Waals surface area contributed by atoms with Crippen molar-refractivity contribution in [1.82, 2.24) is 19.4 Å². The van der Waals surface area contributed by atoms with Crippen molar-refractivity contribution in [3.05, 3.63) is 66.0 Å². The van der Waals surface area contributed by atoms with Crippen LogP contribution in [0.3, 0.4) is 0 Å². The molecule has 6 nitrogen and oxygen atoms in total. The van der Waals surface area contributed by atoms with Gasteiger partial charge in [0, 0.05) is 14.1 Å². The highest BCUT2D eigenvalue weighted by molar-refractivity contribution is 6.07. The van der Waals surface area contributed by atoms with Gasteiger partial charge in [0.2, 0.25) is 0 Å². The average molecular weight is 362 g/mol. The Morgan fingerprint density at radius 3 is 2.15 bits per heavy atom. The van der Waals surface area contributed by atoms with Gasteiger partial charge in [-0.15, -0.1) is 0 Å². The summed E-state index contributed by atoms with van der Waals surface area (Å²) in [6.07, 6.45) is 0. The van der Waals surface area contributed by atoms with Crippen molar-refractivity contribution in [3.63, 3.8) is 0 Å². The minimum absolute atomic E-state index is 0.226. The predicted octanol–water partition coefficient (Wildman–Crippen LogP) is 3.34. The van der Waals surface area contributed by atoms with Crippen LogP contribution in [-0.4, -0.2) is 43.9 Å². The van der Waals surface area contributed by atoms with E-state index in [1.807, 2.05) is 66.2 Å². The maximum absolute atomic E-state index is 13.2. The van der Waals surface area contributed by atoms with Crippen LogP contribution in [0.15, 0.2) is 54.6 Å². The Balaban J connectivity index is 1.95. The predicted molar refractivity (Wildman–Crippen MR) is 103 cm³/mol. The number of nitrogens with zero attached hydrogens (tertiary/aromatic N) is 4. The van der Waals surface area contributed by atoms with Crippen molar-refractivity contribution in [2.24, 2.45) is 7.05 Å². The molecule has 4 rings (SSSR count). The van der Waals surface area contributed by atoms with Gasteiger partial charge < -0.3 is 9.47 Å². The molecule has 2 aromatic carbocycles. The highest BCUT2D eigenvalue weighted by Crippen LogP contribution is 2.37. The fraction of sp³-hybridized carbons (Fsp3) is 0.286. The summed E-state index contributed by atoms with van der Waals surface area (Å²) < 4.78 is 1.96. The Kier molecular flexibility index (Phi) is 3.80. The molecule has 0 aliphatic carbocycles. The number of aryl methyl sites for hydroxylation is 1. The van der Waals surface area contributed by atoms with Crippen molar-refractivity contribution >= 4 is 23.0 Å². The normalized spacial score (nSPS) is 17.8. The number of aromatic nitrogens is 2. The summed E-state index contributed by atoms with van der Waals surface area (Å²) in [7, 11) is 3.58. The molecule has 1 aromatic heterocycles. The Morgan fingerprint density at radius 1 is 0.926 bits per heavy atom. The molecule has 3 amide bonds. The minimum atomic E-state index is -0.894. The van der Waals surface area contributed by atoms with E-state index in [0.717, 1.165) is 16.6 Å². The third-order valence-electron chi connectivity index (χ3n) is 5.51. The number of likely N-dealkylation sites (N-methyl/N-ethyl adjacent to an activating group) is 1. The van der Waals surface area contributed by atoms with E-state index in [1.54, 1.807) is 20.9 Å². The average Bonchev–Trinajstić information content (AvgIpc) is 3.07. The first-order chi connectivity index (χ1) is 12.8. The number of imidazole rings is 1. The van der Waals surface area contributed by atoms with Gasteiger partial charge in [-0.25, -0.2) is 14.7 Å². The third-order valence-corrected chi connectivity index (χ3v) is 5.51. The zero-order valence-electron chi connectivity index (χ0n) is 15.9.